The van der Waals surface area contributed by atoms with Crippen LogP contribution < -0.4 is 16.4 Å². The van der Waals surface area contributed by atoms with Crippen LogP contribution >= 0.6 is 27.3 Å². The molecule has 0 spiro atoms. The maximum Gasteiger partial charge on any atom is 0.411 e. The second-order valence-corrected chi connectivity index (χ2v) is 6.75. The number of carbonyl (C=O) groups is 1. The van der Waals surface area contributed by atoms with Gasteiger partial charge in [0.25, 0.3) is 0 Å². The molecule has 0 aliphatic heterocycles. The molecule has 1 heterocycles. The maximum atomic E-state index is 11.4. The number of hydrogen-bond acceptors (Lipinski definition) is 5. The van der Waals surface area contributed by atoms with E-state index in [2.05, 4.69) is 32.6 Å². The van der Waals surface area contributed by atoms with Crippen molar-refractivity contribution in [1.82, 2.24) is 0 Å². The molecule has 0 radical (unpaired) electrons. The minimum Gasteiger partial charge on any atom is -0.450 e. The Labute approximate surface area is 135 Å². The van der Waals surface area contributed by atoms with E-state index >= 15 is 0 Å². The summed E-state index contributed by atoms with van der Waals surface area (Å²) in [7, 11) is 0. The topological polar surface area (TPSA) is 76.4 Å². The van der Waals surface area contributed by atoms with Gasteiger partial charge in [0, 0.05) is 17.1 Å². The van der Waals surface area contributed by atoms with E-state index in [0.717, 1.165) is 16.0 Å². The van der Waals surface area contributed by atoms with Gasteiger partial charge in [-0.15, -0.1) is 11.3 Å². The smallest absolute Gasteiger partial charge is 0.411 e. The summed E-state index contributed by atoms with van der Waals surface area (Å²) in [5, 5.41) is 5.88. The third-order valence-corrected chi connectivity index (χ3v) is 4.28. The lowest BCUT2D eigenvalue weighted by Gasteiger charge is -2.11. The summed E-state index contributed by atoms with van der Waals surface area (Å²) in [5.74, 6) is 0. The quantitative estimate of drug-likeness (QED) is 0.687. The lowest BCUT2D eigenvalue weighted by atomic mass is 10.2. The molecule has 0 aliphatic carbocycles. The lowest BCUT2D eigenvalue weighted by molar-refractivity contribution is 0.168. The number of nitrogen functional groups attached to an aromatic ring is 1. The standard InChI is InChI=1S/C14H16BrN3O2S/c1-2-20-14(19)18-12-5-3-9(7-11(12)16)17-8-10-4-6-13(15)21-10/h3-7,17H,2,8,16H2,1H3,(H,18,19). The molecule has 5 nitrogen and oxygen atoms in total. The number of halogens is 1. The Morgan fingerprint density at radius 1 is 1.38 bits per heavy atom. The van der Waals surface area contributed by atoms with Crippen molar-refractivity contribution >= 4 is 50.4 Å². The predicted octanol–water partition coefficient (Wildman–Crippen LogP) is 4.27. The van der Waals surface area contributed by atoms with Crippen LogP contribution in [0.2, 0.25) is 0 Å². The number of nitrogens with one attached hydrogen (secondary N) is 2. The predicted molar refractivity (Wildman–Crippen MR) is 90.8 cm³/mol. The fraction of sp³-hybridized carbons (Fsp3) is 0.214. The number of benzene rings is 1. The van der Waals surface area contributed by atoms with Gasteiger partial charge in [0.05, 0.1) is 21.8 Å². The summed E-state index contributed by atoms with van der Waals surface area (Å²) < 4.78 is 5.92. The first-order valence-corrected chi connectivity index (χ1v) is 8.01. The van der Waals surface area contributed by atoms with Gasteiger partial charge in [-0.3, -0.25) is 5.32 Å². The second kappa shape index (κ2) is 7.33. The molecule has 0 fully saturated rings. The number of rotatable bonds is 5. The molecule has 2 aromatic rings. The first-order valence-electron chi connectivity index (χ1n) is 6.40. The Morgan fingerprint density at radius 2 is 2.19 bits per heavy atom. The van der Waals surface area contributed by atoms with E-state index in [1.807, 2.05) is 12.1 Å². The van der Waals surface area contributed by atoms with Gasteiger partial charge >= 0.3 is 6.09 Å². The van der Waals surface area contributed by atoms with E-state index in [1.165, 1.54) is 4.88 Å². The molecule has 1 aromatic carbocycles. The van der Waals surface area contributed by atoms with Crippen LogP contribution in [0, 0.1) is 0 Å². The zero-order valence-corrected chi connectivity index (χ0v) is 13.9. The molecule has 0 aliphatic rings. The molecule has 0 saturated carbocycles. The summed E-state index contributed by atoms with van der Waals surface area (Å²) in [5.41, 5.74) is 7.84. The molecule has 112 valence electrons. The highest BCUT2D eigenvalue weighted by molar-refractivity contribution is 9.11. The first-order chi connectivity index (χ1) is 10.1. The zero-order valence-electron chi connectivity index (χ0n) is 11.5. The van der Waals surface area contributed by atoms with Crippen molar-refractivity contribution in [3.8, 4) is 0 Å². The minimum absolute atomic E-state index is 0.321. The second-order valence-electron chi connectivity index (χ2n) is 4.21. The SMILES string of the molecule is CCOC(=O)Nc1ccc(NCc2ccc(Br)s2)cc1N. The Hall–Kier alpha value is -1.73. The van der Waals surface area contributed by atoms with Crippen LogP contribution in [0.5, 0.6) is 0 Å². The Bertz CT molecular complexity index is 630. The van der Waals surface area contributed by atoms with Crippen LogP contribution in [-0.2, 0) is 11.3 Å². The summed E-state index contributed by atoms with van der Waals surface area (Å²) in [4.78, 5) is 12.6. The summed E-state index contributed by atoms with van der Waals surface area (Å²) in [6, 6.07) is 9.47. The van der Waals surface area contributed by atoms with Crippen LogP contribution in [0.25, 0.3) is 0 Å². The van der Waals surface area contributed by atoms with Crippen LogP contribution in [0.1, 0.15) is 11.8 Å². The number of hydrogen-bond donors (Lipinski definition) is 3. The summed E-state index contributed by atoms with van der Waals surface area (Å²) in [6.45, 7) is 2.79. The third-order valence-electron chi connectivity index (χ3n) is 2.66. The van der Waals surface area contributed by atoms with E-state index in [4.69, 9.17) is 10.5 Å². The van der Waals surface area contributed by atoms with E-state index in [1.54, 1.807) is 30.4 Å². The van der Waals surface area contributed by atoms with Crippen molar-refractivity contribution in [2.75, 3.05) is 23.0 Å². The molecule has 21 heavy (non-hydrogen) atoms. The minimum atomic E-state index is -0.506. The molecule has 0 unspecified atom stereocenters. The van der Waals surface area contributed by atoms with E-state index < -0.39 is 6.09 Å². The largest absolute Gasteiger partial charge is 0.450 e. The van der Waals surface area contributed by atoms with E-state index in [0.29, 0.717) is 18.0 Å². The molecule has 0 saturated heterocycles. The van der Waals surface area contributed by atoms with Crippen LogP contribution in [0.3, 0.4) is 0 Å². The number of thiophene rings is 1. The van der Waals surface area contributed by atoms with Crippen molar-refractivity contribution in [3.05, 3.63) is 39.0 Å². The van der Waals surface area contributed by atoms with Gasteiger partial charge in [0.1, 0.15) is 0 Å². The fourth-order valence-electron chi connectivity index (χ4n) is 1.70. The van der Waals surface area contributed by atoms with E-state index in [9.17, 15) is 4.79 Å². The van der Waals surface area contributed by atoms with Crippen molar-refractivity contribution in [2.45, 2.75) is 13.5 Å². The Balaban J connectivity index is 1.96. The monoisotopic (exact) mass is 369 g/mol. The number of nitrogens with two attached hydrogens (primary N) is 1. The van der Waals surface area contributed by atoms with Gasteiger partial charge in [-0.05, 0) is 53.2 Å². The van der Waals surface area contributed by atoms with Gasteiger partial charge < -0.3 is 15.8 Å². The van der Waals surface area contributed by atoms with E-state index in [-0.39, 0.29) is 0 Å². The molecule has 2 rings (SSSR count). The van der Waals surface area contributed by atoms with Crippen molar-refractivity contribution in [1.29, 1.82) is 0 Å². The Kier molecular flexibility index (Phi) is 5.46. The maximum absolute atomic E-state index is 11.4. The molecule has 1 amide bonds. The average molecular weight is 370 g/mol. The van der Waals surface area contributed by atoms with Crippen molar-refractivity contribution in [2.24, 2.45) is 0 Å². The third kappa shape index (κ3) is 4.64. The van der Waals surface area contributed by atoms with Crippen molar-refractivity contribution in [3.63, 3.8) is 0 Å². The van der Waals surface area contributed by atoms with Gasteiger partial charge in [-0.1, -0.05) is 0 Å². The van der Waals surface area contributed by atoms with Crippen LogP contribution in [0.15, 0.2) is 34.1 Å². The highest BCUT2D eigenvalue weighted by Crippen LogP contribution is 2.25. The molecule has 4 N–H and O–H groups in total. The number of ether oxygens (including phenoxy) is 1. The number of carbonyl (C=O) groups excluding carboxylic acids is 1. The zero-order chi connectivity index (χ0) is 15.2. The molecule has 7 heteroatoms. The number of amides is 1. The van der Waals surface area contributed by atoms with Gasteiger partial charge in [-0.2, -0.15) is 0 Å². The summed E-state index contributed by atoms with van der Waals surface area (Å²) in [6.07, 6.45) is -0.506. The van der Waals surface area contributed by atoms with Gasteiger partial charge in [-0.25, -0.2) is 4.79 Å². The molecular weight excluding hydrogens is 354 g/mol. The normalized spacial score (nSPS) is 10.2. The molecular formula is C14H16BrN3O2S. The first kappa shape index (κ1) is 15.7. The van der Waals surface area contributed by atoms with Crippen LogP contribution in [0.4, 0.5) is 21.9 Å². The van der Waals surface area contributed by atoms with Crippen molar-refractivity contribution < 1.29 is 9.53 Å². The summed E-state index contributed by atoms with van der Waals surface area (Å²) >= 11 is 5.11. The fourth-order valence-corrected chi connectivity index (χ4v) is 3.12. The van der Waals surface area contributed by atoms with Gasteiger partial charge in [0.15, 0.2) is 0 Å². The molecule has 0 atom stereocenters. The highest BCUT2D eigenvalue weighted by atomic mass is 79.9. The lowest BCUT2D eigenvalue weighted by Crippen LogP contribution is -2.14. The molecule has 0 bridgehead atoms. The Morgan fingerprint density at radius 3 is 2.81 bits per heavy atom. The highest BCUT2D eigenvalue weighted by Gasteiger charge is 2.06. The van der Waals surface area contributed by atoms with Crippen LogP contribution in [-0.4, -0.2) is 12.7 Å². The average Bonchev–Trinajstić information content (AvgIpc) is 2.85. The number of anilines is 3. The molecule has 1 aromatic heterocycles. The van der Waals surface area contributed by atoms with Gasteiger partial charge in [0.2, 0.25) is 0 Å².